The SMILES string of the molecule is CC1(C)c2cc(N(c3ccc(-c4ccc5c6ccccc6n(-c6ccccc6)c5c4)cc3)c3ccc(-n4c5ccccc5c5ccccc54)c4ccccc34)ccc2-c2ccc(-n3c4ccccc4c4ccccc43)cc21. The zero-order valence-electron chi connectivity index (χ0n) is 42.7. The molecule has 0 saturated carbocycles. The van der Waals surface area contributed by atoms with Crippen LogP contribution in [-0.4, -0.2) is 13.7 Å². The van der Waals surface area contributed by atoms with Crippen LogP contribution in [0.4, 0.5) is 17.1 Å². The van der Waals surface area contributed by atoms with Crippen molar-refractivity contribution in [2.45, 2.75) is 19.3 Å². The standard InChI is InChI=1S/C73H50N4/c1-73(2)63-45-51(37-40-53(63)54-41-38-52(46-64(54)73)76-66-28-14-8-22-55(66)56-23-9-15-29-67(56)76)74(70-42-43-71(60-21-7-6-20-59(60)70)77-68-30-16-11-24-57(68)58-25-12-17-31-69(58)77)50-35-32-47(33-36-50)48-34-39-62-61-26-10-13-27-65(61)75(72(62)44-48)49-18-4-3-5-19-49/h3-46H,1-2H3. The zero-order valence-corrected chi connectivity index (χ0v) is 42.7. The largest absolute Gasteiger partial charge is 0.310 e. The second-order valence-corrected chi connectivity index (χ2v) is 21.3. The maximum atomic E-state index is 2.49. The maximum absolute atomic E-state index is 2.49. The molecule has 0 atom stereocenters. The number of para-hydroxylation sites is 6. The van der Waals surface area contributed by atoms with Gasteiger partial charge in [0, 0.05) is 71.3 Å². The molecule has 0 fully saturated rings. The normalized spacial score (nSPS) is 12.9. The molecular weight excluding hydrogens is 933 g/mol. The smallest absolute Gasteiger partial charge is 0.0547 e. The molecule has 0 bridgehead atoms. The van der Waals surface area contributed by atoms with Crippen molar-refractivity contribution in [3.8, 4) is 39.3 Å². The lowest BCUT2D eigenvalue weighted by Gasteiger charge is -2.30. The molecule has 362 valence electrons. The average Bonchev–Trinajstić information content (AvgIpc) is 4.32. The maximum Gasteiger partial charge on any atom is 0.0547 e. The van der Waals surface area contributed by atoms with E-state index < -0.39 is 0 Å². The molecule has 15 aromatic rings. The van der Waals surface area contributed by atoms with Crippen LogP contribution in [0.15, 0.2) is 267 Å². The van der Waals surface area contributed by atoms with Crippen molar-refractivity contribution in [1.29, 1.82) is 0 Å². The summed E-state index contributed by atoms with van der Waals surface area (Å²) in [5.74, 6) is 0. The van der Waals surface area contributed by atoms with E-state index >= 15 is 0 Å². The van der Waals surface area contributed by atoms with Gasteiger partial charge in [-0.2, -0.15) is 0 Å². The molecule has 1 aliphatic carbocycles. The van der Waals surface area contributed by atoms with Gasteiger partial charge < -0.3 is 18.6 Å². The number of benzene rings is 12. The summed E-state index contributed by atoms with van der Waals surface area (Å²) < 4.78 is 7.29. The molecule has 3 aromatic heterocycles. The van der Waals surface area contributed by atoms with Crippen LogP contribution in [0, 0.1) is 0 Å². The first-order chi connectivity index (χ1) is 38.0. The Hall–Kier alpha value is -9.90. The van der Waals surface area contributed by atoms with Gasteiger partial charge in [0.2, 0.25) is 0 Å². The van der Waals surface area contributed by atoms with Crippen LogP contribution < -0.4 is 4.90 Å². The highest BCUT2D eigenvalue weighted by atomic mass is 15.1. The highest BCUT2D eigenvalue weighted by Crippen LogP contribution is 2.52. The number of hydrogen-bond acceptors (Lipinski definition) is 1. The van der Waals surface area contributed by atoms with Gasteiger partial charge in [-0.25, -0.2) is 0 Å². The van der Waals surface area contributed by atoms with Crippen molar-refractivity contribution in [3.05, 3.63) is 278 Å². The van der Waals surface area contributed by atoms with Gasteiger partial charge in [-0.15, -0.1) is 0 Å². The first-order valence-electron chi connectivity index (χ1n) is 26.8. The number of fused-ring (bicyclic) bond motifs is 13. The summed E-state index contributed by atoms with van der Waals surface area (Å²) in [5, 5.41) is 9.91. The molecule has 12 aromatic carbocycles. The highest BCUT2D eigenvalue weighted by Gasteiger charge is 2.37. The fourth-order valence-electron chi connectivity index (χ4n) is 13.3. The van der Waals surface area contributed by atoms with Crippen molar-refractivity contribution < 1.29 is 0 Å². The van der Waals surface area contributed by atoms with E-state index in [4.69, 9.17) is 0 Å². The lowest BCUT2D eigenvalue weighted by molar-refractivity contribution is 0.660. The van der Waals surface area contributed by atoms with Gasteiger partial charge in [-0.1, -0.05) is 184 Å². The highest BCUT2D eigenvalue weighted by molar-refractivity contribution is 6.13. The quantitative estimate of drug-likeness (QED) is 0.156. The minimum atomic E-state index is -0.283. The van der Waals surface area contributed by atoms with Crippen molar-refractivity contribution in [3.63, 3.8) is 0 Å². The molecule has 0 spiro atoms. The summed E-state index contributed by atoms with van der Waals surface area (Å²) in [6.45, 7) is 4.81. The lowest BCUT2D eigenvalue weighted by Crippen LogP contribution is -2.17. The van der Waals surface area contributed by atoms with Crippen LogP contribution in [-0.2, 0) is 5.41 Å². The van der Waals surface area contributed by atoms with Crippen LogP contribution in [0.25, 0.3) is 116 Å². The summed E-state index contributed by atoms with van der Waals surface area (Å²) in [6.07, 6.45) is 0. The molecule has 16 rings (SSSR count). The van der Waals surface area contributed by atoms with Gasteiger partial charge in [0.15, 0.2) is 0 Å². The topological polar surface area (TPSA) is 18.0 Å². The van der Waals surface area contributed by atoms with E-state index in [9.17, 15) is 0 Å². The first-order valence-corrected chi connectivity index (χ1v) is 26.8. The second-order valence-electron chi connectivity index (χ2n) is 21.3. The molecule has 0 radical (unpaired) electrons. The molecule has 1 aliphatic rings. The molecule has 0 unspecified atom stereocenters. The van der Waals surface area contributed by atoms with Gasteiger partial charge in [0.25, 0.3) is 0 Å². The molecule has 4 nitrogen and oxygen atoms in total. The Labute approximate surface area is 446 Å². The van der Waals surface area contributed by atoms with Crippen molar-refractivity contribution in [1.82, 2.24) is 13.7 Å². The number of hydrogen-bond donors (Lipinski definition) is 0. The first kappa shape index (κ1) is 43.5. The van der Waals surface area contributed by atoms with Crippen LogP contribution in [0.3, 0.4) is 0 Å². The van der Waals surface area contributed by atoms with Crippen LogP contribution in [0.5, 0.6) is 0 Å². The van der Waals surface area contributed by atoms with Gasteiger partial charge in [-0.05, 0) is 130 Å². The summed E-state index contributed by atoms with van der Waals surface area (Å²) >= 11 is 0. The zero-order chi connectivity index (χ0) is 50.9. The van der Waals surface area contributed by atoms with Crippen LogP contribution in [0.2, 0.25) is 0 Å². The van der Waals surface area contributed by atoms with Crippen molar-refractivity contribution in [2.24, 2.45) is 0 Å². The molecule has 0 saturated heterocycles. The minimum Gasteiger partial charge on any atom is -0.310 e. The Morgan fingerprint density at radius 2 is 0.727 bits per heavy atom. The number of rotatable bonds is 7. The number of nitrogens with zero attached hydrogens (tertiary/aromatic N) is 4. The molecule has 0 amide bonds. The van der Waals surface area contributed by atoms with E-state index in [1.165, 1.54) is 110 Å². The van der Waals surface area contributed by atoms with E-state index in [-0.39, 0.29) is 5.41 Å². The van der Waals surface area contributed by atoms with Crippen molar-refractivity contribution >= 4 is 93.3 Å². The Morgan fingerprint density at radius 3 is 1.31 bits per heavy atom. The monoisotopic (exact) mass is 982 g/mol. The van der Waals surface area contributed by atoms with E-state index in [0.717, 1.165) is 34.0 Å². The van der Waals surface area contributed by atoms with Gasteiger partial charge >= 0.3 is 0 Å². The van der Waals surface area contributed by atoms with Crippen LogP contribution in [0.1, 0.15) is 25.0 Å². The molecular formula is C73H50N4. The Balaban J connectivity index is 0.863. The van der Waals surface area contributed by atoms with Gasteiger partial charge in [-0.3, -0.25) is 0 Å². The third-order valence-corrected chi connectivity index (χ3v) is 16.8. The molecule has 77 heavy (non-hydrogen) atoms. The summed E-state index contributed by atoms with van der Waals surface area (Å²) in [7, 11) is 0. The summed E-state index contributed by atoms with van der Waals surface area (Å²) in [5.41, 5.74) is 21.3. The fourth-order valence-corrected chi connectivity index (χ4v) is 13.3. The fraction of sp³-hybridized carbons (Fsp3) is 0.0411. The number of anilines is 3. The summed E-state index contributed by atoms with van der Waals surface area (Å²) in [6, 6.07) is 98.8. The minimum absolute atomic E-state index is 0.283. The van der Waals surface area contributed by atoms with E-state index in [0.29, 0.717) is 0 Å². The lowest BCUT2D eigenvalue weighted by atomic mass is 9.82. The molecule has 0 aliphatic heterocycles. The van der Waals surface area contributed by atoms with Gasteiger partial charge in [0.1, 0.15) is 0 Å². The third-order valence-electron chi connectivity index (χ3n) is 16.8. The predicted octanol–water partition coefficient (Wildman–Crippen LogP) is 19.6. The predicted molar refractivity (Wildman–Crippen MR) is 325 cm³/mol. The Morgan fingerprint density at radius 1 is 0.286 bits per heavy atom. The molecule has 4 heteroatoms. The molecule has 3 heterocycles. The Bertz CT molecular complexity index is 4790. The van der Waals surface area contributed by atoms with Crippen molar-refractivity contribution in [2.75, 3.05) is 4.90 Å². The Kier molecular flexibility index (Phi) is 9.35. The van der Waals surface area contributed by atoms with E-state index in [1.54, 1.807) is 0 Å². The molecule has 0 N–H and O–H groups in total. The summed E-state index contributed by atoms with van der Waals surface area (Å²) in [4.78, 5) is 2.49. The second kappa shape index (κ2) is 16.6. The average molecular weight is 983 g/mol. The van der Waals surface area contributed by atoms with E-state index in [2.05, 4.69) is 299 Å². The number of aromatic nitrogens is 3. The van der Waals surface area contributed by atoms with Crippen LogP contribution >= 0.6 is 0 Å². The van der Waals surface area contributed by atoms with Gasteiger partial charge in [0.05, 0.1) is 44.5 Å². The third kappa shape index (κ3) is 6.39. The van der Waals surface area contributed by atoms with E-state index in [1.807, 2.05) is 0 Å².